The van der Waals surface area contributed by atoms with Crippen molar-refractivity contribution in [2.75, 3.05) is 11.9 Å². The second-order valence-electron chi connectivity index (χ2n) is 4.97. The fraction of sp³-hybridized carbons (Fsp3) is 0.357. The summed E-state index contributed by atoms with van der Waals surface area (Å²) in [6.07, 6.45) is -0.883. The number of likely N-dealkylation sites (tertiary alicyclic amines) is 1. The first-order valence-electron chi connectivity index (χ1n) is 6.54. The first-order chi connectivity index (χ1) is 10.4. The van der Waals surface area contributed by atoms with Crippen molar-refractivity contribution in [3.8, 4) is 6.07 Å². The Hall–Kier alpha value is -2.30. The lowest BCUT2D eigenvalue weighted by molar-refractivity contribution is -0.143. The Bertz CT molecular complexity index is 671. The fourth-order valence-electron chi connectivity index (χ4n) is 2.40. The van der Waals surface area contributed by atoms with Crippen molar-refractivity contribution >= 4 is 29.3 Å². The average Bonchev–Trinajstić information content (AvgIpc) is 2.86. The monoisotopic (exact) mass is 323 g/mol. The van der Waals surface area contributed by atoms with Crippen LogP contribution in [0.5, 0.6) is 0 Å². The third-order valence-corrected chi connectivity index (χ3v) is 4.12. The fourth-order valence-corrected chi connectivity index (χ4v) is 2.60. The highest BCUT2D eigenvalue weighted by Gasteiger charge is 2.41. The summed E-state index contributed by atoms with van der Waals surface area (Å²) in [4.78, 5) is 24.4. The topological polar surface area (TPSA) is 114 Å². The van der Waals surface area contributed by atoms with E-state index in [1.165, 1.54) is 12.1 Å². The van der Waals surface area contributed by atoms with Crippen LogP contribution in [0.3, 0.4) is 0 Å². The number of carboxylic acid groups (broad SMARTS) is 1. The molecule has 0 aliphatic carbocycles. The lowest BCUT2D eigenvalue weighted by Crippen LogP contribution is -2.46. The average molecular weight is 324 g/mol. The summed E-state index contributed by atoms with van der Waals surface area (Å²) in [5.41, 5.74) is 1.19. The van der Waals surface area contributed by atoms with Gasteiger partial charge in [-0.25, -0.2) is 9.59 Å². The van der Waals surface area contributed by atoms with Crippen molar-refractivity contribution in [1.29, 1.82) is 5.26 Å². The minimum absolute atomic E-state index is 0.146. The molecule has 0 spiro atoms. The van der Waals surface area contributed by atoms with Crippen LogP contribution in [0.1, 0.15) is 17.5 Å². The van der Waals surface area contributed by atoms with Crippen LogP contribution in [0.15, 0.2) is 12.1 Å². The Morgan fingerprint density at radius 3 is 2.77 bits per heavy atom. The second kappa shape index (κ2) is 6.22. The molecule has 1 heterocycles. The van der Waals surface area contributed by atoms with Crippen LogP contribution in [-0.4, -0.2) is 45.8 Å². The molecule has 22 heavy (non-hydrogen) atoms. The van der Waals surface area contributed by atoms with E-state index in [4.69, 9.17) is 22.0 Å². The normalized spacial score (nSPS) is 20.5. The van der Waals surface area contributed by atoms with Gasteiger partial charge in [-0.3, -0.25) is 0 Å². The SMILES string of the molecule is Cc1c(NC(=O)N2CC[C@H](O)[C@H]2C(=O)O)ccc(C#N)c1Cl. The molecule has 3 N–H and O–H groups in total. The summed E-state index contributed by atoms with van der Waals surface area (Å²) in [5.74, 6) is -1.25. The van der Waals surface area contributed by atoms with Crippen LogP contribution in [0.25, 0.3) is 0 Å². The maximum absolute atomic E-state index is 12.2. The number of nitrogens with one attached hydrogen (secondary N) is 1. The Kier molecular flexibility index (Phi) is 4.54. The van der Waals surface area contributed by atoms with E-state index >= 15 is 0 Å². The standard InChI is InChI=1S/C14H14ClN3O4/c1-7-9(3-2-8(6-16)11(7)15)17-14(22)18-5-4-10(19)12(18)13(20)21/h2-3,10,12,19H,4-5H2,1H3,(H,17,22)(H,20,21)/t10-,12-/m0/s1. The smallest absolute Gasteiger partial charge is 0.329 e. The van der Waals surface area contributed by atoms with Crippen LogP contribution in [0.4, 0.5) is 10.5 Å². The maximum Gasteiger partial charge on any atom is 0.329 e. The van der Waals surface area contributed by atoms with Gasteiger partial charge in [-0.05, 0) is 31.0 Å². The van der Waals surface area contributed by atoms with E-state index in [1.54, 1.807) is 6.92 Å². The van der Waals surface area contributed by atoms with Crippen molar-refractivity contribution in [2.45, 2.75) is 25.5 Å². The Labute approximate surface area is 131 Å². The molecule has 0 aromatic heterocycles. The molecule has 2 amide bonds. The van der Waals surface area contributed by atoms with Gasteiger partial charge in [0.2, 0.25) is 0 Å². The summed E-state index contributed by atoms with van der Waals surface area (Å²) in [6, 6.07) is 3.03. The lowest BCUT2D eigenvalue weighted by atomic mass is 10.1. The molecule has 1 aromatic carbocycles. The number of aliphatic carboxylic acids is 1. The van der Waals surface area contributed by atoms with Crippen molar-refractivity contribution in [3.63, 3.8) is 0 Å². The van der Waals surface area contributed by atoms with Crippen molar-refractivity contribution < 1.29 is 19.8 Å². The number of carboxylic acids is 1. The highest BCUT2D eigenvalue weighted by molar-refractivity contribution is 6.33. The molecule has 116 valence electrons. The summed E-state index contributed by atoms with van der Waals surface area (Å²) >= 11 is 6.02. The number of aliphatic hydroxyl groups is 1. The van der Waals surface area contributed by atoms with Gasteiger partial charge in [0.25, 0.3) is 0 Å². The molecule has 2 atom stereocenters. The molecule has 1 saturated heterocycles. The zero-order valence-corrected chi connectivity index (χ0v) is 12.5. The molecule has 1 fully saturated rings. The summed E-state index contributed by atoms with van der Waals surface area (Å²) < 4.78 is 0. The Morgan fingerprint density at radius 1 is 1.50 bits per heavy atom. The molecule has 0 unspecified atom stereocenters. The molecule has 8 heteroatoms. The van der Waals surface area contributed by atoms with E-state index in [9.17, 15) is 14.7 Å². The van der Waals surface area contributed by atoms with Crippen molar-refractivity contribution in [3.05, 3.63) is 28.3 Å². The predicted molar refractivity (Wildman–Crippen MR) is 78.7 cm³/mol. The first kappa shape index (κ1) is 16.1. The van der Waals surface area contributed by atoms with E-state index in [0.717, 1.165) is 4.90 Å². The van der Waals surface area contributed by atoms with Gasteiger partial charge in [-0.1, -0.05) is 11.6 Å². The van der Waals surface area contributed by atoms with E-state index in [-0.39, 0.29) is 23.6 Å². The number of carbonyl (C=O) groups excluding carboxylic acids is 1. The minimum Gasteiger partial charge on any atom is -0.480 e. The van der Waals surface area contributed by atoms with Crippen LogP contribution < -0.4 is 5.32 Å². The number of hydrogen-bond donors (Lipinski definition) is 3. The predicted octanol–water partition coefficient (Wildman–Crippen LogP) is 1.57. The zero-order chi connectivity index (χ0) is 16.4. The molecule has 7 nitrogen and oxygen atoms in total. The number of carbonyl (C=O) groups is 2. The molecule has 2 rings (SSSR count). The Balaban J connectivity index is 2.21. The van der Waals surface area contributed by atoms with E-state index in [1.807, 2.05) is 6.07 Å². The molecule has 0 bridgehead atoms. The maximum atomic E-state index is 12.2. The van der Waals surface area contributed by atoms with Crippen LogP contribution in [0, 0.1) is 18.3 Å². The second-order valence-corrected chi connectivity index (χ2v) is 5.35. The number of benzene rings is 1. The molecule has 1 aliphatic heterocycles. The van der Waals surface area contributed by atoms with E-state index < -0.39 is 24.1 Å². The largest absolute Gasteiger partial charge is 0.480 e. The van der Waals surface area contributed by atoms with Crippen LogP contribution in [0.2, 0.25) is 5.02 Å². The number of anilines is 1. The zero-order valence-electron chi connectivity index (χ0n) is 11.7. The highest BCUT2D eigenvalue weighted by atomic mass is 35.5. The first-order valence-corrected chi connectivity index (χ1v) is 6.92. The number of hydrogen-bond acceptors (Lipinski definition) is 4. The molecule has 1 aliphatic rings. The summed E-state index contributed by atoms with van der Waals surface area (Å²) in [7, 11) is 0. The van der Waals surface area contributed by atoms with Gasteiger partial charge in [0.15, 0.2) is 6.04 Å². The summed E-state index contributed by atoms with van der Waals surface area (Å²) in [6.45, 7) is 1.79. The van der Waals surface area contributed by atoms with Gasteiger partial charge >= 0.3 is 12.0 Å². The summed E-state index contributed by atoms with van der Waals surface area (Å²) in [5, 5.41) is 30.4. The van der Waals surface area contributed by atoms with Gasteiger partial charge in [-0.15, -0.1) is 0 Å². The molecule has 0 radical (unpaired) electrons. The number of aliphatic hydroxyl groups excluding tert-OH is 1. The number of amides is 2. The number of urea groups is 1. The quantitative estimate of drug-likeness (QED) is 0.764. The Morgan fingerprint density at radius 2 is 2.18 bits per heavy atom. The van der Waals surface area contributed by atoms with Crippen molar-refractivity contribution in [1.82, 2.24) is 4.90 Å². The number of rotatable bonds is 2. The minimum atomic E-state index is -1.27. The van der Waals surface area contributed by atoms with E-state index in [2.05, 4.69) is 5.32 Å². The van der Waals surface area contributed by atoms with Gasteiger partial charge in [0.1, 0.15) is 6.07 Å². The van der Waals surface area contributed by atoms with Crippen molar-refractivity contribution in [2.24, 2.45) is 0 Å². The number of halogens is 1. The molecule has 1 aromatic rings. The third kappa shape index (κ3) is 2.84. The van der Waals surface area contributed by atoms with Gasteiger partial charge in [-0.2, -0.15) is 5.26 Å². The van der Waals surface area contributed by atoms with E-state index in [0.29, 0.717) is 11.3 Å². The molecular formula is C14H14ClN3O4. The number of nitriles is 1. The van der Waals surface area contributed by atoms with Gasteiger partial charge in [0.05, 0.1) is 16.7 Å². The van der Waals surface area contributed by atoms with Crippen LogP contribution in [-0.2, 0) is 4.79 Å². The third-order valence-electron chi connectivity index (χ3n) is 3.63. The molecular weight excluding hydrogens is 310 g/mol. The highest BCUT2D eigenvalue weighted by Crippen LogP contribution is 2.28. The van der Waals surface area contributed by atoms with Crippen LogP contribution >= 0.6 is 11.6 Å². The number of nitrogens with zero attached hydrogens (tertiary/aromatic N) is 2. The van der Waals surface area contributed by atoms with Gasteiger partial charge in [0, 0.05) is 12.2 Å². The lowest BCUT2D eigenvalue weighted by Gasteiger charge is -2.23. The van der Waals surface area contributed by atoms with Gasteiger partial charge < -0.3 is 20.4 Å². The molecule has 0 saturated carbocycles.